The number of benzene rings is 2. The highest BCUT2D eigenvalue weighted by molar-refractivity contribution is 6.07. The highest BCUT2D eigenvalue weighted by atomic mass is 19.2. The lowest BCUT2D eigenvalue weighted by Crippen LogP contribution is -2.57. The largest absolute Gasteiger partial charge is 0.494 e. The van der Waals surface area contributed by atoms with Crippen LogP contribution >= 0.6 is 0 Å². The Bertz CT molecular complexity index is 1470. The summed E-state index contributed by atoms with van der Waals surface area (Å²) in [4.78, 5) is 42.5. The van der Waals surface area contributed by atoms with E-state index >= 15 is 8.78 Å². The van der Waals surface area contributed by atoms with Crippen LogP contribution in [-0.4, -0.2) is 69.7 Å². The van der Waals surface area contributed by atoms with Crippen molar-refractivity contribution in [1.29, 1.82) is 0 Å². The fourth-order valence-corrected chi connectivity index (χ4v) is 5.85. The van der Waals surface area contributed by atoms with Crippen LogP contribution in [0.3, 0.4) is 0 Å². The molecule has 0 bridgehead atoms. The van der Waals surface area contributed by atoms with Gasteiger partial charge in [-0.15, -0.1) is 0 Å². The van der Waals surface area contributed by atoms with Crippen molar-refractivity contribution in [2.24, 2.45) is 0 Å². The van der Waals surface area contributed by atoms with Crippen LogP contribution in [0.4, 0.5) is 23.7 Å². The fourth-order valence-electron chi connectivity index (χ4n) is 5.85. The molecule has 3 aromatic rings. The molecule has 3 heterocycles. The van der Waals surface area contributed by atoms with Crippen LogP contribution < -0.4 is 9.64 Å². The van der Waals surface area contributed by atoms with Gasteiger partial charge in [0.15, 0.2) is 11.6 Å². The molecule has 1 aromatic heterocycles. The van der Waals surface area contributed by atoms with E-state index < -0.39 is 52.7 Å². The van der Waals surface area contributed by atoms with Crippen LogP contribution in [0, 0.1) is 11.6 Å². The molecular formula is C30H31F3N4O5. The van der Waals surface area contributed by atoms with E-state index in [1.54, 1.807) is 18.2 Å². The number of aliphatic carboxylic acids is 1. The minimum Gasteiger partial charge on any atom is -0.494 e. The third kappa shape index (κ3) is 5.28. The molecule has 0 saturated carbocycles. The molecule has 1 N–H and O–H groups in total. The van der Waals surface area contributed by atoms with Crippen LogP contribution in [0.15, 0.2) is 60.9 Å². The summed E-state index contributed by atoms with van der Waals surface area (Å²) in [5.41, 5.74) is -0.978. The SMILES string of the molecule is COc1ccc(C(F)N2C(=O)N(CCCn3cccc3)C(=O)C23CCN(c2cccc(CC(=O)O)c2)CC3)c(F)c1F. The summed E-state index contributed by atoms with van der Waals surface area (Å²) < 4.78 is 52.5. The zero-order valence-corrected chi connectivity index (χ0v) is 23.0. The topological polar surface area (TPSA) is 95.3 Å². The van der Waals surface area contributed by atoms with E-state index in [0.717, 1.165) is 34.7 Å². The molecule has 2 fully saturated rings. The van der Waals surface area contributed by atoms with Gasteiger partial charge < -0.3 is 19.3 Å². The van der Waals surface area contributed by atoms with Gasteiger partial charge in [0.1, 0.15) is 5.54 Å². The number of carboxylic acids is 1. The Labute approximate surface area is 240 Å². The van der Waals surface area contributed by atoms with E-state index in [4.69, 9.17) is 9.84 Å². The number of hydrogen-bond acceptors (Lipinski definition) is 5. The molecule has 2 saturated heterocycles. The van der Waals surface area contributed by atoms with E-state index in [1.165, 1.54) is 0 Å². The predicted octanol–water partition coefficient (Wildman–Crippen LogP) is 4.76. The van der Waals surface area contributed by atoms with Crippen LogP contribution in [0.25, 0.3) is 0 Å². The Balaban J connectivity index is 1.43. The van der Waals surface area contributed by atoms with Gasteiger partial charge in [-0.2, -0.15) is 4.39 Å². The lowest BCUT2D eigenvalue weighted by atomic mass is 9.85. The molecule has 12 heteroatoms. The molecule has 9 nitrogen and oxygen atoms in total. The van der Waals surface area contributed by atoms with Crippen LogP contribution in [0.5, 0.6) is 5.75 Å². The maximum atomic E-state index is 16.3. The standard InChI is InChI=1S/C30H31F3N4O5/c1-42-23-9-8-22(25(31)26(23)32)27(33)37-29(41)36(15-5-14-34-12-2-3-13-34)28(40)30(37)10-16-35(17-11-30)21-7-4-6-20(18-21)19-24(38)39/h2-4,6-9,12-13,18,27H,5,10-11,14-17,19H2,1H3,(H,38,39). The fraction of sp³-hybridized carbons (Fsp3) is 0.367. The van der Waals surface area contributed by atoms with Gasteiger partial charge in [0.05, 0.1) is 13.5 Å². The van der Waals surface area contributed by atoms with E-state index in [1.807, 2.05) is 40.1 Å². The van der Waals surface area contributed by atoms with Crippen molar-refractivity contribution in [3.63, 3.8) is 0 Å². The first-order valence-corrected chi connectivity index (χ1v) is 13.6. The lowest BCUT2D eigenvalue weighted by molar-refractivity contribution is -0.137. The number of rotatable bonds is 10. The van der Waals surface area contributed by atoms with Gasteiger partial charge in [0.2, 0.25) is 12.1 Å². The predicted molar refractivity (Wildman–Crippen MR) is 147 cm³/mol. The summed E-state index contributed by atoms with van der Waals surface area (Å²) in [5.74, 6) is -4.83. The van der Waals surface area contributed by atoms with Gasteiger partial charge in [0, 0.05) is 49.8 Å². The first-order valence-electron chi connectivity index (χ1n) is 13.6. The average molecular weight is 585 g/mol. The Morgan fingerprint density at radius 1 is 1.02 bits per heavy atom. The van der Waals surface area contributed by atoms with Crippen LogP contribution in [0.2, 0.25) is 0 Å². The molecular weight excluding hydrogens is 553 g/mol. The quantitative estimate of drug-likeness (QED) is 0.273. The van der Waals surface area contributed by atoms with Crippen LogP contribution in [-0.2, 0) is 22.6 Å². The number of ether oxygens (including phenoxy) is 1. The number of imide groups is 1. The summed E-state index contributed by atoms with van der Waals surface area (Å²) in [6.07, 6.45) is 1.61. The first kappa shape index (κ1) is 29.0. The van der Waals surface area contributed by atoms with E-state index in [0.29, 0.717) is 18.5 Å². The number of aromatic nitrogens is 1. The van der Waals surface area contributed by atoms with Crippen molar-refractivity contribution in [2.45, 2.75) is 44.1 Å². The third-order valence-corrected chi connectivity index (χ3v) is 8.01. The van der Waals surface area contributed by atoms with E-state index in [-0.39, 0.29) is 38.9 Å². The van der Waals surface area contributed by atoms with Gasteiger partial charge in [-0.1, -0.05) is 12.1 Å². The molecule has 5 rings (SSSR count). The smallest absolute Gasteiger partial charge is 0.330 e. The van der Waals surface area contributed by atoms with Crippen molar-refractivity contribution in [3.05, 3.63) is 83.7 Å². The number of anilines is 1. The van der Waals surface area contributed by atoms with Crippen molar-refractivity contribution >= 4 is 23.6 Å². The average Bonchev–Trinajstić information content (AvgIpc) is 3.56. The number of piperidine rings is 1. The second kappa shape index (κ2) is 11.8. The van der Waals surface area contributed by atoms with Crippen LogP contribution in [0.1, 0.15) is 36.7 Å². The van der Waals surface area contributed by atoms with Crippen molar-refractivity contribution in [2.75, 3.05) is 31.6 Å². The molecule has 3 amide bonds. The molecule has 2 aromatic carbocycles. The van der Waals surface area contributed by atoms with Gasteiger partial charge in [-0.05, 0) is 61.2 Å². The molecule has 1 unspecified atom stereocenters. The van der Waals surface area contributed by atoms with Gasteiger partial charge in [0.25, 0.3) is 5.91 Å². The lowest BCUT2D eigenvalue weighted by Gasteiger charge is -2.44. The zero-order chi connectivity index (χ0) is 30.0. The summed E-state index contributed by atoms with van der Waals surface area (Å²) in [7, 11) is 1.15. The monoisotopic (exact) mass is 584 g/mol. The number of alkyl halides is 1. The van der Waals surface area contributed by atoms with Crippen molar-refractivity contribution in [3.8, 4) is 5.75 Å². The minimum absolute atomic E-state index is 0.0290. The summed E-state index contributed by atoms with van der Waals surface area (Å²) in [6, 6.07) is 11.9. The number of carbonyl (C=O) groups is 3. The number of carboxylic acid groups (broad SMARTS) is 1. The molecule has 1 spiro atoms. The molecule has 0 aliphatic carbocycles. The maximum absolute atomic E-state index is 16.3. The highest BCUT2D eigenvalue weighted by Crippen LogP contribution is 2.45. The third-order valence-electron chi connectivity index (χ3n) is 8.01. The zero-order valence-electron chi connectivity index (χ0n) is 23.0. The number of aryl methyl sites for hydroxylation is 1. The minimum atomic E-state index is -2.43. The van der Waals surface area contributed by atoms with E-state index in [2.05, 4.69) is 0 Å². The van der Waals surface area contributed by atoms with Gasteiger partial charge in [-0.3, -0.25) is 19.4 Å². The number of nitrogens with zero attached hydrogens (tertiary/aromatic N) is 4. The molecule has 0 radical (unpaired) electrons. The Morgan fingerprint density at radius 2 is 1.74 bits per heavy atom. The number of amides is 3. The van der Waals surface area contributed by atoms with E-state index in [9.17, 15) is 18.8 Å². The summed E-state index contributed by atoms with van der Waals surface area (Å²) >= 11 is 0. The Kier molecular flexibility index (Phi) is 8.15. The normalized spacial score (nSPS) is 17.3. The number of urea groups is 1. The highest BCUT2D eigenvalue weighted by Gasteiger charge is 2.60. The van der Waals surface area contributed by atoms with Crippen molar-refractivity contribution < 1.29 is 37.4 Å². The molecule has 1 atom stereocenters. The number of methoxy groups -OCH3 is 1. The number of carbonyl (C=O) groups excluding carboxylic acids is 2. The second-order valence-electron chi connectivity index (χ2n) is 10.5. The van der Waals surface area contributed by atoms with Crippen molar-refractivity contribution in [1.82, 2.24) is 14.4 Å². The molecule has 2 aliphatic rings. The second-order valence-corrected chi connectivity index (χ2v) is 10.5. The van der Waals surface area contributed by atoms with Gasteiger partial charge >= 0.3 is 12.0 Å². The summed E-state index contributed by atoms with van der Waals surface area (Å²) in [5, 5.41) is 9.16. The molecule has 2 aliphatic heterocycles. The first-order chi connectivity index (χ1) is 20.2. The summed E-state index contributed by atoms with van der Waals surface area (Å²) in [6.45, 7) is 1.04. The maximum Gasteiger partial charge on any atom is 0.330 e. The number of hydrogen-bond donors (Lipinski definition) is 1. The molecule has 42 heavy (non-hydrogen) atoms. The Morgan fingerprint density at radius 3 is 2.40 bits per heavy atom. The molecule has 222 valence electrons. The number of halogens is 3. The van der Waals surface area contributed by atoms with Gasteiger partial charge in [-0.25, -0.2) is 13.6 Å². The Hall–Kier alpha value is -4.48.